The van der Waals surface area contributed by atoms with Gasteiger partial charge in [0.05, 0.1) is 23.1 Å². The predicted molar refractivity (Wildman–Crippen MR) is 85.5 cm³/mol. The van der Waals surface area contributed by atoms with Gasteiger partial charge in [0, 0.05) is 0 Å². The summed E-state index contributed by atoms with van der Waals surface area (Å²) in [7, 11) is -2.37. The fourth-order valence-electron chi connectivity index (χ4n) is 2.54. The molecule has 0 saturated heterocycles. The standard InChI is InChI=1S/C17H17NO4S/c1-22-16(19)13-7-9-15(10-8-13)23(20,21)18-17(11-12-17)14-5-3-2-4-6-14/h2-10,18H,11-12H2,1H3. The molecule has 1 saturated carbocycles. The van der Waals surface area contributed by atoms with Crippen LogP contribution in [0.5, 0.6) is 0 Å². The van der Waals surface area contributed by atoms with Crippen LogP contribution in [0.25, 0.3) is 0 Å². The number of esters is 1. The fourth-order valence-corrected chi connectivity index (χ4v) is 3.98. The molecule has 0 radical (unpaired) electrons. The van der Waals surface area contributed by atoms with Crippen LogP contribution in [0.4, 0.5) is 0 Å². The Labute approximate surface area is 135 Å². The summed E-state index contributed by atoms with van der Waals surface area (Å²) in [5.41, 5.74) is 0.770. The lowest BCUT2D eigenvalue weighted by molar-refractivity contribution is 0.0600. The number of nitrogens with one attached hydrogen (secondary N) is 1. The molecule has 1 aliphatic carbocycles. The van der Waals surface area contributed by atoms with Crippen molar-refractivity contribution >= 4 is 16.0 Å². The maximum Gasteiger partial charge on any atom is 0.337 e. The van der Waals surface area contributed by atoms with Crippen molar-refractivity contribution in [1.82, 2.24) is 4.72 Å². The Morgan fingerprint density at radius 3 is 2.17 bits per heavy atom. The summed E-state index contributed by atoms with van der Waals surface area (Å²) in [5, 5.41) is 0. The van der Waals surface area contributed by atoms with E-state index in [4.69, 9.17) is 0 Å². The average Bonchev–Trinajstić information content (AvgIpc) is 3.35. The number of hydrogen-bond acceptors (Lipinski definition) is 4. The normalized spacial score (nSPS) is 15.9. The Balaban J connectivity index is 1.84. The molecule has 0 atom stereocenters. The third-order valence-corrected chi connectivity index (χ3v) is 5.54. The molecule has 5 nitrogen and oxygen atoms in total. The van der Waals surface area contributed by atoms with Gasteiger partial charge < -0.3 is 4.74 Å². The van der Waals surface area contributed by atoms with E-state index in [2.05, 4.69) is 9.46 Å². The number of benzene rings is 2. The molecule has 23 heavy (non-hydrogen) atoms. The maximum absolute atomic E-state index is 12.6. The summed E-state index contributed by atoms with van der Waals surface area (Å²) in [5.74, 6) is -0.496. The molecule has 0 bridgehead atoms. The number of sulfonamides is 1. The van der Waals surface area contributed by atoms with Crippen LogP contribution in [-0.4, -0.2) is 21.5 Å². The summed E-state index contributed by atoms with van der Waals surface area (Å²) in [4.78, 5) is 11.5. The highest BCUT2D eigenvalue weighted by molar-refractivity contribution is 7.89. The van der Waals surface area contributed by atoms with Crippen LogP contribution in [0.3, 0.4) is 0 Å². The number of ether oxygens (including phenoxy) is 1. The Morgan fingerprint density at radius 1 is 1.04 bits per heavy atom. The molecule has 3 rings (SSSR count). The van der Waals surface area contributed by atoms with Crippen molar-refractivity contribution in [3.8, 4) is 0 Å². The molecule has 120 valence electrons. The van der Waals surface area contributed by atoms with E-state index < -0.39 is 21.5 Å². The lowest BCUT2D eigenvalue weighted by Crippen LogP contribution is -2.34. The Morgan fingerprint density at radius 2 is 1.65 bits per heavy atom. The van der Waals surface area contributed by atoms with Crippen LogP contribution in [0.15, 0.2) is 59.5 Å². The largest absolute Gasteiger partial charge is 0.465 e. The quantitative estimate of drug-likeness (QED) is 0.854. The van der Waals surface area contributed by atoms with Crippen LogP contribution >= 0.6 is 0 Å². The average molecular weight is 331 g/mol. The van der Waals surface area contributed by atoms with Gasteiger partial charge >= 0.3 is 5.97 Å². The fraction of sp³-hybridized carbons (Fsp3) is 0.235. The second-order valence-corrected chi connectivity index (χ2v) is 7.25. The second kappa shape index (κ2) is 5.79. The molecule has 0 aromatic heterocycles. The summed E-state index contributed by atoms with van der Waals surface area (Å²) >= 11 is 0. The van der Waals surface area contributed by atoms with Crippen LogP contribution in [-0.2, 0) is 20.3 Å². The molecule has 0 heterocycles. The van der Waals surface area contributed by atoms with Crippen LogP contribution < -0.4 is 4.72 Å². The van der Waals surface area contributed by atoms with E-state index >= 15 is 0 Å². The zero-order chi connectivity index (χ0) is 16.5. The van der Waals surface area contributed by atoms with Gasteiger partial charge in [-0.2, -0.15) is 0 Å². The molecule has 0 spiro atoms. The van der Waals surface area contributed by atoms with Crippen molar-refractivity contribution in [3.63, 3.8) is 0 Å². The van der Waals surface area contributed by atoms with Gasteiger partial charge in [-0.05, 0) is 42.7 Å². The zero-order valence-electron chi connectivity index (χ0n) is 12.7. The van der Waals surface area contributed by atoms with E-state index in [1.54, 1.807) is 0 Å². The minimum absolute atomic E-state index is 0.132. The summed E-state index contributed by atoms with van der Waals surface area (Å²) in [6.07, 6.45) is 1.55. The summed E-state index contributed by atoms with van der Waals surface area (Å²) < 4.78 is 32.6. The third-order valence-electron chi connectivity index (χ3n) is 3.99. The van der Waals surface area contributed by atoms with E-state index in [0.717, 1.165) is 18.4 Å². The van der Waals surface area contributed by atoms with Crippen molar-refractivity contribution in [3.05, 3.63) is 65.7 Å². The van der Waals surface area contributed by atoms with E-state index in [9.17, 15) is 13.2 Å². The molecule has 6 heteroatoms. The minimum Gasteiger partial charge on any atom is -0.465 e. The molecule has 1 aliphatic rings. The van der Waals surface area contributed by atoms with Crippen LogP contribution in [0.1, 0.15) is 28.8 Å². The first-order valence-electron chi connectivity index (χ1n) is 7.25. The first-order valence-corrected chi connectivity index (χ1v) is 8.73. The first-order chi connectivity index (χ1) is 11.0. The second-order valence-electron chi connectivity index (χ2n) is 5.57. The maximum atomic E-state index is 12.6. The summed E-state index contributed by atoms with van der Waals surface area (Å²) in [6, 6.07) is 15.3. The number of rotatable bonds is 5. The Kier molecular flexibility index (Phi) is 3.95. The lowest BCUT2D eigenvalue weighted by atomic mass is 10.1. The van der Waals surface area contributed by atoms with E-state index in [0.29, 0.717) is 5.56 Å². The highest BCUT2D eigenvalue weighted by atomic mass is 32.2. The van der Waals surface area contributed by atoms with Gasteiger partial charge in [0.2, 0.25) is 10.0 Å². The lowest BCUT2D eigenvalue weighted by Gasteiger charge is -2.18. The highest BCUT2D eigenvalue weighted by Gasteiger charge is 2.47. The first kappa shape index (κ1) is 15.7. The van der Waals surface area contributed by atoms with Crippen LogP contribution in [0, 0.1) is 0 Å². The van der Waals surface area contributed by atoms with E-state index in [1.165, 1.54) is 31.4 Å². The number of methoxy groups -OCH3 is 1. The molecule has 2 aromatic carbocycles. The van der Waals surface area contributed by atoms with Gasteiger partial charge in [0.25, 0.3) is 0 Å². The van der Waals surface area contributed by atoms with Gasteiger partial charge in [0.15, 0.2) is 0 Å². The van der Waals surface area contributed by atoms with Crippen molar-refractivity contribution in [2.24, 2.45) is 0 Å². The highest BCUT2D eigenvalue weighted by Crippen LogP contribution is 2.46. The SMILES string of the molecule is COC(=O)c1ccc(S(=O)(=O)NC2(c3ccccc3)CC2)cc1. The molecular weight excluding hydrogens is 314 g/mol. The van der Waals surface area contributed by atoms with Gasteiger partial charge in [-0.1, -0.05) is 30.3 Å². The molecule has 1 fully saturated rings. The van der Waals surface area contributed by atoms with E-state index in [1.807, 2.05) is 30.3 Å². The van der Waals surface area contributed by atoms with Gasteiger partial charge in [-0.15, -0.1) is 0 Å². The monoisotopic (exact) mass is 331 g/mol. The number of carbonyl (C=O) groups is 1. The number of hydrogen-bond donors (Lipinski definition) is 1. The summed E-state index contributed by atoms with van der Waals surface area (Å²) in [6.45, 7) is 0. The van der Waals surface area contributed by atoms with Gasteiger partial charge in [0.1, 0.15) is 0 Å². The minimum atomic E-state index is -3.65. The van der Waals surface area contributed by atoms with Gasteiger partial charge in [-0.25, -0.2) is 17.9 Å². The molecular formula is C17H17NO4S. The van der Waals surface area contributed by atoms with Crippen molar-refractivity contribution in [1.29, 1.82) is 0 Å². The van der Waals surface area contributed by atoms with Gasteiger partial charge in [-0.3, -0.25) is 0 Å². The zero-order valence-corrected chi connectivity index (χ0v) is 13.5. The molecule has 0 amide bonds. The smallest absolute Gasteiger partial charge is 0.337 e. The van der Waals surface area contributed by atoms with Crippen molar-refractivity contribution in [2.75, 3.05) is 7.11 Å². The molecule has 1 N–H and O–H groups in total. The predicted octanol–water partition coefficient (Wildman–Crippen LogP) is 2.44. The Bertz CT molecular complexity index is 809. The molecule has 0 aliphatic heterocycles. The van der Waals surface area contributed by atoms with Crippen molar-refractivity contribution in [2.45, 2.75) is 23.3 Å². The topological polar surface area (TPSA) is 72.5 Å². The number of carbonyl (C=O) groups excluding carboxylic acids is 1. The van der Waals surface area contributed by atoms with Crippen LogP contribution in [0.2, 0.25) is 0 Å². The van der Waals surface area contributed by atoms with Crippen molar-refractivity contribution < 1.29 is 17.9 Å². The molecule has 2 aromatic rings. The Hall–Kier alpha value is -2.18. The molecule has 0 unspecified atom stereocenters. The van der Waals surface area contributed by atoms with E-state index in [-0.39, 0.29) is 4.90 Å². The third kappa shape index (κ3) is 3.13.